The number of hydrogen-bond acceptors (Lipinski definition) is 2. The van der Waals surface area contributed by atoms with Crippen molar-refractivity contribution in [1.82, 2.24) is 0 Å². The molecule has 0 N–H and O–H groups in total. The molecule has 0 bridgehead atoms. The van der Waals surface area contributed by atoms with Gasteiger partial charge in [-0.1, -0.05) is 0 Å². The summed E-state index contributed by atoms with van der Waals surface area (Å²) in [4.78, 5) is 23.0. The number of carbonyl (C=O) groups is 1. The summed E-state index contributed by atoms with van der Waals surface area (Å²) in [6.07, 6.45) is 0.870. The Kier molecular flexibility index (Phi) is 2.79. The first kappa shape index (κ1) is 10.1. The van der Waals surface area contributed by atoms with Crippen LogP contribution in [0.1, 0.15) is 10.4 Å². The Balaban J connectivity index is 3.31. The first-order chi connectivity index (χ1) is 6.57. The van der Waals surface area contributed by atoms with E-state index in [4.69, 9.17) is 0 Å². The second-order valence-electron chi connectivity index (χ2n) is 2.23. The highest BCUT2D eigenvalue weighted by Crippen LogP contribution is 2.15. The van der Waals surface area contributed by atoms with Crippen LogP contribution < -0.4 is 0 Å². The van der Waals surface area contributed by atoms with E-state index in [9.17, 15) is 22.8 Å². The number of rotatable bonds is 1. The van der Waals surface area contributed by atoms with Gasteiger partial charge in [-0.15, -0.1) is 4.99 Å². The fourth-order valence-corrected chi connectivity index (χ4v) is 0.793. The monoisotopic (exact) mass is 201 g/mol. The topological polar surface area (TPSA) is 46.5 Å². The lowest BCUT2D eigenvalue weighted by Crippen LogP contribution is -2.03. The molecular weight excluding hydrogens is 199 g/mol. The lowest BCUT2D eigenvalue weighted by Gasteiger charge is -1.98. The van der Waals surface area contributed by atoms with Crippen LogP contribution in [0.3, 0.4) is 0 Å². The minimum Gasteiger partial charge on any atom is -0.266 e. The molecule has 0 spiro atoms. The van der Waals surface area contributed by atoms with Gasteiger partial charge in [-0.3, -0.25) is 4.79 Å². The van der Waals surface area contributed by atoms with Crippen molar-refractivity contribution in [3.8, 4) is 0 Å². The summed E-state index contributed by atoms with van der Waals surface area (Å²) in [6, 6.07) is 1.25. The summed E-state index contributed by atoms with van der Waals surface area (Å²) >= 11 is 0. The van der Waals surface area contributed by atoms with Gasteiger partial charge in [-0.25, -0.2) is 18.0 Å². The third-order valence-electron chi connectivity index (χ3n) is 1.41. The van der Waals surface area contributed by atoms with Crippen LogP contribution in [-0.2, 0) is 4.79 Å². The Bertz CT molecular complexity index is 438. The van der Waals surface area contributed by atoms with Crippen LogP contribution in [0, 0.1) is 17.5 Å². The molecule has 1 rings (SSSR count). The molecular formula is C8H2F3NO2. The highest BCUT2D eigenvalue weighted by molar-refractivity contribution is 5.97. The molecule has 0 aromatic heterocycles. The Morgan fingerprint density at radius 2 is 1.86 bits per heavy atom. The second kappa shape index (κ2) is 3.85. The molecule has 0 saturated carbocycles. The third kappa shape index (κ3) is 1.70. The van der Waals surface area contributed by atoms with Crippen LogP contribution in [0.15, 0.2) is 17.1 Å². The first-order valence-electron chi connectivity index (χ1n) is 3.33. The summed E-state index contributed by atoms with van der Waals surface area (Å²) in [5, 5.41) is 0. The maximum Gasteiger partial charge on any atom is 0.290 e. The highest BCUT2D eigenvalue weighted by atomic mass is 19.2. The van der Waals surface area contributed by atoms with E-state index in [1.54, 1.807) is 0 Å². The standard InChI is InChI=1S/C8H2F3NO2/c9-5-2-1-4(6(10)7(5)11)8(14)12-3-13/h1-2H. The molecule has 3 nitrogen and oxygen atoms in total. The van der Waals surface area contributed by atoms with Gasteiger partial charge >= 0.3 is 0 Å². The van der Waals surface area contributed by atoms with Crippen molar-refractivity contribution in [2.75, 3.05) is 0 Å². The molecule has 0 aliphatic heterocycles. The first-order valence-corrected chi connectivity index (χ1v) is 3.33. The Hall–Kier alpha value is -1.94. The minimum atomic E-state index is -1.78. The maximum absolute atomic E-state index is 12.8. The summed E-state index contributed by atoms with van der Waals surface area (Å²) in [5.41, 5.74) is -0.813. The predicted molar refractivity (Wildman–Crippen MR) is 38.8 cm³/mol. The SMILES string of the molecule is O=C=NC(=O)c1ccc(F)c(F)c1F. The normalized spacial score (nSPS) is 9.36. The molecule has 0 heterocycles. The zero-order valence-electron chi connectivity index (χ0n) is 6.55. The lowest BCUT2D eigenvalue weighted by atomic mass is 10.2. The van der Waals surface area contributed by atoms with E-state index >= 15 is 0 Å². The summed E-state index contributed by atoms with van der Waals surface area (Å²) in [6.45, 7) is 0. The van der Waals surface area contributed by atoms with E-state index < -0.39 is 28.9 Å². The number of carbonyl (C=O) groups excluding carboxylic acids is 2. The molecule has 1 aromatic carbocycles. The highest BCUT2D eigenvalue weighted by Gasteiger charge is 2.18. The number of hydrogen-bond donors (Lipinski definition) is 0. The van der Waals surface area contributed by atoms with Crippen LogP contribution >= 0.6 is 0 Å². The van der Waals surface area contributed by atoms with Crippen molar-refractivity contribution in [3.05, 3.63) is 35.1 Å². The van der Waals surface area contributed by atoms with Gasteiger partial charge < -0.3 is 0 Å². The summed E-state index contributed by atoms with van der Waals surface area (Å²) in [7, 11) is 0. The Labute approximate surface area is 75.9 Å². The van der Waals surface area contributed by atoms with Crippen molar-refractivity contribution in [1.29, 1.82) is 0 Å². The number of benzene rings is 1. The van der Waals surface area contributed by atoms with Gasteiger partial charge in [0.25, 0.3) is 5.91 Å². The Morgan fingerprint density at radius 3 is 2.43 bits per heavy atom. The van der Waals surface area contributed by atoms with Gasteiger partial charge in [0.15, 0.2) is 17.5 Å². The molecule has 72 valence electrons. The fourth-order valence-electron chi connectivity index (χ4n) is 0.793. The van der Waals surface area contributed by atoms with Crippen molar-refractivity contribution in [3.63, 3.8) is 0 Å². The quantitative estimate of drug-likeness (QED) is 0.393. The average Bonchev–Trinajstić information content (AvgIpc) is 2.15. The summed E-state index contributed by atoms with van der Waals surface area (Å²) in [5.74, 6) is -6.18. The van der Waals surface area contributed by atoms with Crippen LogP contribution in [-0.4, -0.2) is 12.0 Å². The molecule has 0 atom stereocenters. The van der Waals surface area contributed by atoms with Gasteiger partial charge in [0.05, 0.1) is 5.56 Å². The number of amides is 1. The second-order valence-corrected chi connectivity index (χ2v) is 2.23. The molecule has 1 aromatic rings. The molecule has 1 amide bonds. The maximum atomic E-state index is 12.8. The number of isocyanates is 1. The minimum absolute atomic E-state index is 0.561. The third-order valence-corrected chi connectivity index (χ3v) is 1.41. The van der Waals surface area contributed by atoms with Crippen molar-refractivity contribution in [2.45, 2.75) is 0 Å². The van der Waals surface area contributed by atoms with Crippen LogP contribution in [0.5, 0.6) is 0 Å². The van der Waals surface area contributed by atoms with Crippen molar-refractivity contribution >= 4 is 12.0 Å². The number of aliphatic imine (C=N–C) groups is 1. The van der Waals surface area contributed by atoms with Gasteiger partial charge in [-0.05, 0) is 12.1 Å². The van der Waals surface area contributed by atoms with E-state index in [1.165, 1.54) is 0 Å². The van der Waals surface area contributed by atoms with E-state index in [0.29, 0.717) is 12.1 Å². The van der Waals surface area contributed by atoms with Crippen LogP contribution in [0.2, 0.25) is 0 Å². The van der Waals surface area contributed by atoms with Crippen molar-refractivity contribution in [2.24, 2.45) is 4.99 Å². The fraction of sp³-hybridized carbons (Fsp3) is 0. The van der Waals surface area contributed by atoms with Gasteiger partial charge in [0.1, 0.15) is 0 Å². The molecule has 0 aliphatic carbocycles. The molecule has 0 fully saturated rings. The Morgan fingerprint density at radius 1 is 1.21 bits per heavy atom. The lowest BCUT2D eigenvalue weighted by molar-refractivity contribution is 0.0998. The number of halogens is 3. The van der Waals surface area contributed by atoms with Gasteiger partial charge in [-0.2, -0.15) is 0 Å². The number of nitrogens with zero attached hydrogens (tertiary/aromatic N) is 1. The van der Waals surface area contributed by atoms with Crippen molar-refractivity contribution < 1.29 is 22.8 Å². The van der Waals surface area contributed by atoms with Crippen LogP contribution in [0.4, 0.5) is 13.2 Å². The molecule has 0 unspecified atom stereocenters. The average molecular weight is 201 g/mol. The van der Waals surface area contributed by atoms with Gasteiger partial charge in [0.2, 0.25) is 6.08 Å². The zero-order valence-corrected chi connectivity index (χ0v) is 6.55. The van der Waals surface area contributed by atoms with E-state index in [2.05, 4.69) is 4.99 Å². The van der Waals surface area contributed by atoms with E-state index in [-0.39, 0.29) is 0 Å². The molecule has 0 aliphatic rings. The van der Waals surface area contributed by atoms with E-state index in [0.717, 1.165) is 6.08 Å². The zero-order chi connectivity index (χ0) is 10.7. The molecule has 0 radical (unpaired) electrons. The predicted octanol–water partition coefficient (Wildman–Crippen LogP) is 1.58. The molecule has 14 heavy (non-hydrogen) atoms. The van der Waals surface area contributed by atoms with Crippen LogP contribution in [0.25, 0.3) is 0 Å². The smallest absolute Gasteiger partial charge is 0.266 e. The van der Waals surface area contributed by atoms with Gasteiger partial charge in [0, 0.05) is 0 Å². The molecule has 0 saturated heterocycles. The summed E-state index contributed by atoms with van der Waals surface area (Å²) < 4.78 is 37.7. The molecule has 6 heteroatoms. The largest absolute Gasteiger partial charge is 0.290 e. The van der Waals surface area contributed by atoms with E-state index in [1.807, 2.05) is 0 Å².